The third-order valence-electron chi connectivity index (χ3n) is 4.53. The fourth-order valence-corrected chi connectivity index (χ4v) is 3.21. The van der Waals surface area contributed by atoms with E-state index < -0.39 is 24.5 Å². The van der Waals surface area contributed by atoms with Crippen molar-refractivity contribution < 1.29 is 24.2 Å². The lowest BCUT2D eigenvalue weighted by atomic mass is 9.98. The number of amides is 2. The number of aliphatic hydroxyl groups excluding tert-OH is 1. The van der Waals surface area contributed by atoms with Crippen LogP contribution in [0.4, 0.5) is 4.79 Å². The third kappa shape index (κ3) is 5.94. The van der Waals surface area contributed by atoms with Crippen molar-refractivity contribution in [2.75, 3.05) is 6.61 Å². The summed E-state index contributed by atoms with van der Waals surface area (Å²) in [5.74, 6) is -0.0701. The van der Waals surface area contributed by atoms with E-state index in [1.54, 1.807) is 0 Å². The fraction of sp³-hybridized carbons (Fsp3) is 0.882. The van der Waals surface area contributed by atoms with Gasteiger partial charge in [0.15, 0.2) is 6.29 Å². The lowest BCUT2D eigenvalue weighted by molar-refractivity contribution is -0.127. The van der Waals surface area contributed by atoms with E-state index in [0.29, 0.717) is 19.4 Å². The van der Waals surface area contributed by atoms with Crippen LogP contribution in [0.3, 0.4) is 0 Å². The van der Waals surface area contributed by atoms with Crippen molar-refractivity contribution in [1.82, 2.24) is 10.6 Å². The molecule has 2 rings (SSSR count). The Balaban J connectivity index is 1.86. The van der Waals surface area contributed by atoms with Crippen LogP contribution in [0.25, 0.3) is 0 Å². The second-order valence-electron chi connectivity index (χ2n) is 7.16. The molecule has 7 heteroatoms. The summed E-state index contributed by atoms with van der Waals surface area (Å²) >= 11 is 0. The minimum atomic E-state index is -0.983. The van der Waals surface area contributed by atoms with Crippen molar-refractivity contribution in [3.05, 3.63) is 0 Å². The average molecular weight is 342 g/mol. The monoisotopic (exact) mass is 342 g/mol. The lowest BCUT2D eigenvalue weighted by Crippen LogP contribution is -2.52. The van der Waals surface area contributed by atoms with Crippen molar-refractivity contribution in [2.24, 2.45) is 5.92 Å². The van der Waals surface area contributed by atoms with Gasteiger partial charge in [0.25, 0.3) is 0 Å². The van der Waals surface area contributed by atoms with Gasteiger partial charge < -0.3 is 25.2 Å². The first-order chi connectivity index (χ1) is 11.5. The molecule has 1 saturated carbocycles. The summed E-state index contributed by atoms with van der Waals surface area (Å²) in [5, 5.41) is 15.1. The van der Waals surface area contributed by atoms with Gasteiger partial charge in [0.05, 0.1) is 12.6 Å². The molecular formula is C17H30N2O5. The number of carbonyl (C=O) groups is 2. The Morgan fingerprint density at radius 3 is 2.50 bits per heavy atom. The minimum absolute atomic E-state index is 0.0495. The maximum absolute atomic E-state index is 12.5. The first kappa shape index (κ1) is 19.0. The molecule has 2 fully saturated rings. The molecule has 138 valence electrons. The van der Waals surface area contributed by atoms with Gasteiger partial charge in [0.2, 0.25) is 5.91 Å². The van der Waals surface area contributed by atoms with Crippen molar-refractivity contribution >= 4 is 12.0 Å². The van der Waals surface area contributed by atoms with Gasteiger partial charge in [0.1, 0.15) is 12.1 Å². The number of hydrogen-bond acceptors (Lipinski definition) is 5. The van der Waals surface area contributed by atoms with Crippen LogP contribution in [-0.4, -0.2) is 48.2 Å². The summed E-state index contributed by atoms with van der Waals surface area (Å²) in [7, 11) is 0. The van der Waals surface area contributed by atoms with Gasteiger partial charge >= 0.3 is 6.09 Å². The number of nitrogens with one attached hydrogen (secondary N) is 2. The first-order valence-electron chi connectivity index (χ1n) is 9.03. The highest BCUT2D eigenvalue weighted by atomic mass is 16.6. The van der Waals surface area contributed by atoms with Crippen molar-refractivity contribution in [1.29, 1.82) is 0 Å². The van der Waals surface area contributed by atoms with E-state index in [1.165, 1.54) is 6.42 Å². The van der Waals surface area contributed by atoms with E-state index in [2.05, 4.69) is 10.6 Å². The molecule has 0 spiro atoms. The van der Waals surface area contributed by atoms with Gasteiger partial charge in [-0.15, -0.1) is 0 Å². The van der Waals surface area contributed by atoms with Crippen molar-refractivity contribution in [3.63, 3.8) is 0 Å². The molecule has 1 saturated heterocycles. The number of rotatable bonds is 6. The molecular weight excluding hydrogens is 312 g/mol. The van der Waals surface area contributed by atoms with Crippen LogP contribution in [-0.2, 0) is 14.3 Å². The van der Waals surface area contributed by atoms with Crippen molar-refractivity contribution in [2.45, 2.75) is 83.3 Å². The van der Waals surface area contributed by atoms with Gasteiger partial charge in [-0.2, -0.15) is 0 Å². The maximum atomic E-state index is 12.5. The first-order valence-corrected chi connectivity index (χ1v) is 9.03. The number of aliphatic hydroxyl groups is 1. The number of carbonyl (C=O) groups excluding carboxylic acids is 2. The van der Waals surface area contributed by atoms with Gasteiger partial charge in [-0.25, -0.2) is 4.79 Å². The summed E-state index contributed by atoms with van der Waals surface area (Å²) in [4.78, 5) is 24.6. The summed E-state index contributed by atoms with van der Waals surface area (Å²) in [5.41, 5.74) is 0. The largest absolute Gasteiger partial charge is 0.446 e. The summed E-state index contributed by atoms with van der Waals surface area (Å²) in [6.07, 6.45) is 4.62. The van der Waals surface area contributed by atoms with Crippen LogP contribution in [0.5, 0.6) is 0 Å². The molecule has 0 bridgehead atoms. The second kappa shape index (κ2) is 9.22. The zero-order valence-corrected chi connectivity index (χ0v) is 14.6. The molecule has 2 aliphatic rings. The Labute approximate surface area is 143 Å². The zero-order chi connectivity index (χ0) is 17.5. The Bertz CT molecular complexity index is 423. The number of alkyl carbamates (subject to hydrolysis) is 1. The van der Waals surface area contributed by atoms with E-state index >= 15 is 0 Å². The molecule has 7 nitrogen and oxygen atoms in total. The molecule has 2 amide bonds. The normalized spacial score (nSPS) is 26.2. The highest BCUT2D eigenvalue weighted by Gasteiger charge is 2.31. The lowest BCUT2D eigenvalue weighted by Gasteiger charge is -2.25. The molecule has 0 radical (unpaired) electrons. The van der Waals surface area contributed by atoms with E-state index in [-0.39, 0.29) is 17.9 Å². The summed E-state index contributed by atoms with van der Waals surface area (Å²) < 4.78 is 10.5. The average Bonchev–Trinajstić information content (AvgIpc) is 2.92. The Hall–Kier alpha value is -1.34. The van der Waals surface area contributed by atoms with Crippen LogP contribution in [0.2, 0.25) is 0 Å². The van der Waals surface area contributed by atoms with Gasteiger partial charge in [-0.1, -0.05) is 20.3 Å². The van der Waals surface area contributed by atoms with Crippen LogP contribution in [0.1, 0.15) is 58.8 Å². The molecule has 3 atom stereocenters. The van der Waals surface area contributed by atoms with E-state index in [4.69, 9.17) is 9.47 Å². The minimum Gasteiger partial charge on any atom is -0.446 e. The van der Waals surface area contributed by atoms with Crippen molar-refractivity contribution in [3.8, 4) is 0 Å². The predicted octanol–water partition coefficient (Wildman–Crippen LogP) is 1.68. The SMILES string of the molecule is CC(C)CC(NC(=O)OC1CCCCC1)C(=O)N[C@H]1CCOC1O. The second-order valence-corrected chi connectivity index (χ2v) is 7.16. The Kier molecular flexibility index (Phi) is 7.30. The highest BCUT2D eigenvalue weighted by Crippen LogP contribution is 2.20. The third-order valence-corrected chi connectivity index (χ3v) is 4.53. The standard InChI is InChI=1S/C17H30N2O5/c1-11(2)10-14(15(20)18-13-8-9-23-16(13)21)19-17(22)24-12-6-4-3-5-7-12/h11-14,16,21H,3-10H2,1-2H3,(H,18,20)(H,19,22)/t13-,14?,16?/m0/s1. The molecule has 24 heavy (non-hydrogen) atoms. The van der Waals surface area contributed by atoms with Gasteiger partial charge in [-0.3, -0.25) is 4.79 Å². The van der Waals surface area contributed by atoms with Crippen LogP contribution in [0.15, 0.2) is 0 Å². The van der Waals surface area contributed by atoms with Gasteiger partial charge in [0, 0.05) is 0 Å². The predicted molar refractivity (Wildman–Crippen MR) is 88.2 cm³/mol. The Morgan fingerprint density at radius 1 is 1.21 bits per heavy atom. The van der Waals surface area contributed by atoms with Crippen LogP contribution < -0.4 is 10.6 Å². The van der Waals surface area contributed by atoms with Crippen LogP contribution in [0, 0.1) is 5.92 Å². The van der Waals surface area contributed by atoms with E-state index in [1.807, 2.05) is 13.8 Å². The molecule has 3 N–H and O–H groups in total. The molecule has 0 aromatic heterocycles. The molecule has 0 aromatic carbocycles. The van der Waals surface area contributed by atoms with E-state index in [9.17, 15) is 14.7 Å². The summed E-state index contributed by atoms with van der Waals surface area (Å²) in [6.45, 7) is 4.39. The quantitative estimate of drug-likeness (QED) is 0.682. The number of hydrogen-bond donors (Lipinski definition) is 3. The topological polar surface area (TPSA) is 96.9 Å². The zero-order valence-electron chi connectivity index (χ0n) is 14.6. The number of ether oxygens (including phenoxy) is 2. The molecule has 0 aromatic rings. The smallest absolute Gasteiger partial charge is 0.408 e. The van der Waals surface area contributed by atoms with Crippen LogP contribution >= 0.6 is 0 Å². The summed E-state index contributed by atoms with van der Waals surface area (Å²) in [6, 6.07) is -1.10. The molecule has 1 aliphatic carbocycles. The fourth-order valence-electron chi connectivity index (χ4n) is 3.21. The van der Waals surface area contributed by atoms with E-state index in [0.717, 1.165) is 25.7 Å². The molecule has 1 heterocycles. The maximum Gasteiger partial charge on any atom is 0.408 e. The Morgan fingerprint density at radius 2 is 1.92 bits per heavy atom. The highest BCUT2D eigenvalue weighted by molar-refractivity contribution is 5.85. The molecule has 2 unspecified atom stereocenters. The van der Waals surface area contributed by atoms with Gasteiger partial charge in [-0.05, 0) is 44.4 Å². The molecule has 1 aliphatic heterocycles.